The molecule has 2 aromatic heterocycles. The van der Waals surface area contributed by atoms with Gasteiger partial charge in [0.15, 0.2) is 0 Å². The highest BCUT2D eigenvalue weighted by Crippen LogP contribution is 2.25. The van der Waals surface area contributed by atoms with Gasteiger partial charge in [-0.15, -0.1) is 0 Å². The van der Waals surface area contributed by atoms with Crippen molar-refractivity contribution in [3.8, 4) is 0 Å². The summed E-state index contributed by atoms with van der Waals surface area (Å²) in [5.41, 5.74) is 2.37. The third-order valence-electron chi connectivity index (χ3n) is 3.98. The molecule has 0 N–H and O–H groups in total. The second-order valence-corrected chi connectivity index (χ2v) is 5.55. The van der Waals surface area contributed by atoms with E-state index >= 15 is 0 Å². The highest BCUT2D eigenvalue weighted by molar-refractivity contribution is 5.92. The van der Waals surface area contributed by atoms with Crippen molar-refractivity contribution < 1.29 is 4.79 Å². The third kappa shape index (κ3) is 2.53. The van der Waals surface area contributed by atoms with E-state index in [0.29, 0.717) is 18.3 Å². The fraction of sp³-hybridized carbons (Fsp3) is 0.467. The zero-order valence-electron chi connectivity index (χ0n) is 12.6. The summed E-state index contributed by atoms with van der Waals surface area (Å²) in [5.74, 6) is 0.961. The second kappa shape index (κ2) is 5.27. The van der Waals surface area contributed by atoms with Crippen LogP contribution in [0.15, 0.2) is 18.6 Å². The molecule has 1 unspecified atom stereocenters. The predicted molar refractivity (Wildman–Crippen MR) is 78.0 cm³/mol. The van der Waals surface area contributed by atoms with Crippen molar-refractivity contribution in [3.05, 3.63) is 41.5 Å². The van der Waals surface area contributed by atoms with E-state index in [9.17, 15) is 4.79 Å². The zero-order valence-corrected chi connectivity index (χ0v) is 12.6. The molecule has 0 aliphatic carbocycles. The molecule has 0 aromatic carbocycles. The van der Waals surface area contributed by atoms with E-state index in [1.54, 1.807) is 12.4 Å². The maximum absolute atomic E-state index is 12.4. The molecule has 1 aliphatic heterocycles. The van der Waals surface area contributed by atoms with Crippen LogP contribution in [0.25, 0.3) is 0 Å². The van der Waals surface area contributed by atoms with Crippen LogP contribution >= 0.6 is 0 Å². The van der Waals surface area contributed by atoms with Crippen molar-refractivity contribution in [2.75, 3.05) is 13.1 Å². The molecule has 0 saturated carbocycles. The van der Waals surface area contributed by atoms with Gasteiger partial charge in [-0.25, -0.2) is 9.97 Å². The minimum absolute atomic E-state index is 0.0413. The number of rotatable bonds is 2. The number of imidazole rings is 1. The van der Waals surface area contributed by atoms with Crippen molar-refractivity contribution in [2.24, 2.45) is 0 Å². The first kappa shape index (κ1) is 13.7. The summed E-state index contributed by atoms with van der Waals surface area (Å²) in [4.78, 5) is 26.9. The van der Waals surface area contributed by atoms with Crippen LogP contribution in [0.5, 0.6) is 0 Å². The molecule has 3 rings (SSSR count). The lowest BCUT2D eigenvalue weighted by Gasteiger charge is -2.18. The molecule has 1 atom stereocenters. The minimum atomic E-state index is -0.0413. The van der Waals surface area contributed by atoms with Crippen LogP contribution in [0, 0.1) is 20.8 Å². The average Bonchev–Trinajstić information content (AvgIpc) is 3.06. The molecule has 2 aromatic rings. The molecular formula is C15H19N5O. The molecule has 1 fully saturated rings. The van der Waals surface area contributed by atoms with Gasteiger partial charge in [0.1, 0.15) is 11.5 Å². The van der Waals surface area contributed by atoms with Gasteiger partial charge in [0.05, 0.1) is 17.9 Å². The van der Waals surface area contributed by atoms with Crippen molar-refractivity contribution >= 4 is 5.91 Å². The van der Waals surface area contributed by atoms with Crippen LogP contribution in [0.3, 0.4) is 0 Å². The van der Waals surface area contributed by atoms with Gasteiger partial charge in [0.2, 0.25) is 0 Å². The zero-order chi connectivity index (χ0) is 15.0. The number of carbonyl (C=O) groups is 1. The Balaban J connectivity index is 1.75. The number of carbonyl (C=O) groups excluding carboxylic acids is 1. The summed E-state index contributed by atoms with van der Waals surface area (Å²) >= 11 is 0. The molecule has 1 aliphatic rings. The Hall–Kier alpha value is -2.24. The highest BCUT2D eigenvalue weighted by Gasteiger charge is 2.30. The second-order valence-electron chi connectivity index (χ2n) is 5.55. The van der Waals surface area contributed by atoms with E-state index in [4.69, 9.17) is 0 Å². The Kier molecular flexibility index (Phi) is 3.45. The summed E-state index contributed by atoms with van der Waals surface area (Å²) < 4.78 is 2.22. The molecule has 1 amide bonds. The average molecular weight is 285 g/mol. The molecule has 21 heavy (non-hydrogen) atoms. The lowest BCUT2D eigenvalue weighted by molar-refractivity contribution is 0.0781. The molecule has 0 radical (unpaired) electrons. The molecule has 0 bridgehead atoms. The number of hydrogen-bond donors (Lipinski definition) is 0. The molecule has 110 valence electrons. The monoisotopic (exact) mass is 285 g/mol. The van der Waals surface area contributed by atoms with Crippen molar-refractivity contribution in [1.29, 1.82) is 0 Å². The standard InChI is InChI=1S/C15H19N5O/c1-10-6-18-14(8-16-10)15(21)19-5-4-13(9-19)20-11(2)7-17-12(20)3/h6-8,13H,4-5,9H2,1-3H3. The predicted octanol–water partition coefficient (Wildman–Crippen LogP) is 1.69. The highest BCUT2D eigenvalue weighted by atomic mass is 16.2. The van der Waals surface area contributed by atoms with E-state index in [1.165, 1.54) is 0 Å². The summed E-state index contributed by atoms with van der Waals surface area (Å²) in [6, 6.07) is 0.301. The summed E-state index contributed by atoms with van der Waals surface area (Å²) in [7, 11) is 0. The quantitative estimate of drug-likeness (QED) is 0.842. The molecular weight excluding hydrogens is 266 g/mol. The minimum Gasteiger partial charge on any atom is -0.335 e. The lowest BCUT2D eigenvalue weighted by atomic mass is 10.2. The van der Waals surface area contributed by atoms with Gasteiger partial charge in [-0.1, -0.05) is 0 Å². The molecule has 0 spiro atoms. The van der Waals surface area contributed by atoms with Gasteiger partial charge in [0, 0.05) is 31.2 Å². The Morgan fingerprint density at radius 3 is 2.57 bits per heavy atom. The van der Waals surface area contributed by atoms with Gasteiger partial charge >= 0.3 is 0 Å². The van der Waals surface area contributed by atoms with Crippen LogP contribution in [0.4, 0.5) is 0 Å². The Labute approximate surface area is 123 Å². The van der Waals surface area contributed by atoms with E-state index in [1.807, 2.05) is 24.9 Å². The number of amides is 1. The molecule has 6 nitrogen and oxygen atoms in total. The van der Waals surface area contributed by atoms with Gasteiger partial charge in [0.25, 0.3) is 5.91 Å². The number of likely N-dealkylation sites (tertiary alicyclic amines) is 1. The number of aryl methyl sites for hydroxylation is 3. The Morgan fingerprint density at radius 2 is 1.95 bits per heavy atom. The first-order valence-corrected chi connectivity index (χ1v) is 7.14. The number of aromatic nitrogens is 4. The van der Waals surface area contributed by atoms with Crippen LogP contribution in [-0.4, -0.2) is 43.4 Å². The van der Waals surface area contributed by atoms with Gasteiger partial charge in [-0.05, 0) is 27.2 Å². The van der Waals surface area contributed by atoms with Crippen molar-refractivity contribution in [1.82, 2.24) is 24.4 Å². The van der Waals surface area contributed by atoms with Gasteiger partial charge in [-0.3, -0.25) is 9.78 Å². The van der Waals surface area contributed by atoms with Gasteiger partial charge < -0.3 is 9.47 Å². The normalized spacial score (nSPS) is 18.2. The van der Waals surface area contributed by atoms with Crippen molar-refractivity contribution in [3.63, 3.8) is 0 Å². The van der Waals surface area contributed by atoms with E-state index < -0.39 is 0 Å². The van der Waals surface area contributed by atoms with Crippen LogP contribution in [0.2, 0.25) is 0 Å². The van der Waals surface area contributed by atoms with E-state index in [2.05, 4.69) is 26.4 Å². The summed E-state index contributed by atoms with van der Waals surface area (Å²) in [6.45, 7) is 7.36. The van der Waals surface area contributed by atoms with Crippen molar-refractivity contribution in [2.45, 2.75) is 33.2 Å². The number of hydrogen-bond acceptors (Lipinski definition) is 4. The largest absolute Gasteiger partial charge is 0.335 e. The molecule has 1 saturated heterocycles. The molecule has 3 heterocycles. The third-order valence-corrected chi connectivity index (χ3v) is 3.98. The van der Waals surface area contributed by atoms with E-state index in [0.717, 1.165) is 30.2 Å². The first-order valence-electron chi connectivity index (χ1n) is 7.14. The van der Waals surface area contributed by atoms with Gasteiger partial charge in [-0.2, -0.15) is 0 Å². The smallest absolute Gasteiger partial charge is 0.274 e. The SMILES string of the molecule is Cc1cnc(C(=O)N2CCC(n3c(C)cnc3C)C2)cn1. The Morgan fingerprint density at radius 1 is 1.14 bits per heavy atom. The topological polar surface area (TPSA) is 63.9 Å². The fourth-order valence-corrected chi connectivity index (χ4v) is 2.92. The lowest BCUT2D eigenvalue weighted by Crippen LogP contribution is -2.30. The van der Waals surface area contributed by atoms with Crippen LogP contribution in [-0.2, 0) is 0 Å². The maximum atomic E-state index is 12.4. The number of nitrogens with zero attached hydrogens (tertiary/aromatic N) is 5. The van der Waals surface area contributed by atoms with Crippen LogP contribution in [0.1, 0.15) is 40.2 Å². The molecule has 6 heteroatoms. The fourth-order valence-electron chi connectivity index (χ4n) is 2.92. The summed E-state index contributed by atoms with van der Waals surface area (Å²) in [5, 5.41) is 0. The Bertz CT molecular complexity index is 642. The van der Waals surface area contributed by atoms with Crippen LogP contribution < -0.4 is 0 Å². The maximum Gasteiger partial charge on any atom is 0.274 e. The van der Waals surface area contributed by atoms with E-state index in [-0.39, 0.29) is 5.91 Å². The first-order chi connectivity index (χ1) is 10.1. The summed E-state index contributed by atoms with van der Waals surface area (Å²) in [6.07, 6.45) is 6.01.